The SMILES string of the molecule is CC(Nc1ccc([N+](=O)[O-])c(C#N)c1)c1cnn(C)c1. The van der Waals surface area contributed by atoms with Gasteiger partial charge in [0.15, 0.2) is 0 Å². The average Bonchev–Trinajstić information content (AvgIpc) is 2.85. The average molecular weight is 271 g/mol. The molecule has 0 amide bonds. The largest absolute Gasteiger partial charge is 0.378 e. The number of nitriles is 1. The minimum Gasteiger partial charge on any atom is -0.378 e. The maximum Gasteiger partial charge on any atom is 0.287 e. The molecule has 2 rings (SSSR count). The van der Waals surface area contributed by atoms with Gasteiger partial charge in [0.2, 0.25) is 0 Å². The van der Waals surface area contributed by atoms with Crippen LogP contribution in [0.15, 0.2) is 30.6 Å². The Labute approximate surface area is 115 Å². The standard InChI is InChI=1S/C13H13N5O2/c1-9(11-7-15-17(2)8-11)16-12-3-4-13(18(19)20)10(5-12)6-14/h3-5,7-9,16H,1-2H3. The molecule has 0 aliphatic rings. The second-order valence-corrected chi connectivity index (χ2v) is 4.41. The van der Waals surface area contributed by atoms with Gasteiger partial charge in [0, 0.05) is 30.6 Å². The topological polar surface area (TPSA) is 96.8 Å². The number of nitro benzene ring substituents is 1. The Morgan fingerprint density at radius 1 is 1.55 bits per heavy atom. The summed E-state index contributed by atoms with van der Waals surface area (Å²) in [4.78, 5) is 10.2. The van der Waals surface area contributed by atoms with Gasteiger partial charge in [0.1, 0.15) is 11.6 Å². The normalized spacial score (nSPS) is 11.7. The zero-order chi connectivity index (χ0) is 14.7. The highest BCUT2D eigenvalue weighted by Gasteiger charge is 2.15. The third-order valence-corrected chi connectivity index (χ3v) is 2.92. The smallest absolute Gasteiger partial charge is 0.287 e. The molecule has 0 saturated carbocycles. The molecule has 0 bridgehead atoms. The Morgan fingerprint density at radius 3 is 2.85 bits per heavy atom. The van der Waals surface area contributed by atoms with Gasteiger partial charge < -0.3 is 5.32 Å². The maximum absolute atomic E-state index is 10.8. The number of nitro groups is 1. The molecule has 2 aromatic rings. The molecule has 7 heteroatoms. The van der Waals surface area contributed by atoms with E-state index in [-0.39, 0.29) is 17.3 Å². The molecule has 0 fully saturated rings. The lowest BCUT2D eigenvalue weighted by Crippen LogP contribution is -2.06. The lowest BCUT2D eigenvalue weighted by molar-refractivity contribution is -0.385. The number of anilines is 1. The van der Waals surface area contributed by atoms with Crippen molar-refractivity contribution in [3.05, 3.63) is 51.8 Å². The van der Waals surface area contributed by atoms with Crippen LogP contribution in [-0.2, 0) is 7.05 Å². The molecule has 102 valence electrons. The summed E-state index contributed by atoms with van der Waals surface area (Å²) in [6.45, 7) is 1.95. The molecular weight excluding hydrogens is 258 g/mol. The molecule has 0 saturated heterocycles. The highest BCUT2D eigenvalue weighted by molar-refractivity contribution is 5.59. The molecule has 0 aliphatic heterocycles. The molecule has 0 aliphatic carbocycles. The summed E-state index contributed by atoms with van der Waals surface area (Å²) in [7, 11) is 1.83. The molecular formula is C13H13N5O2. The van der Waals surface area contributed by atoms with E-state index in [0.29, 0.717) is 5.69 Å². The van der Waals surface area contributed by atoms with E-state index in [9.17, 15) is 10.1 Å². The van der Waals surface area contributed by atoms with Gasteiger partial charge in [-0.3, -0.25) is 14.8 Å². The summed E-state index contributed by atoms with van der Waals surface area (Å²) < 4.78 is 1.70. The van der Waals surface area contributed by atoms with Crippen molar-refractivity contribution < 1.29 is 4.92 Å². The van der Waals surface area contributed by atoms with Crippen LogP contribution in [0.2, 0.25) is 0 Å². The van der Waals surface area contributed by atoms with Crippen LogP contribution in [0.5, 0.6) is 0 Å². The molecule has 1 heterocycles. The van der Waals surface area contributed by atoms with Gasteiger partial charge in [0.05, 0.1) is 17.2 Å². The zero-order valence-electron chi connectivity index (χ0n) is 11.1. The fourth-order valence-corrected chi connectivity index (χ4v) is 1.87. The van der Waals surface area contributed by atoms with E-state index in [1.807, 2.05) is 26.2 Å². The Hall–Kier alpha value is -2.88. The van der Waals surface area contributed by atoms with Crippen molar-refractivity contribution in [2.75, 3.05) is 5.32 Å². The van der Waals surface area contributed by atoms with Crippen molar-refractivity contribution in [1.82, 2.24) is 9.78 Å². The van der Waals surface area contributed by atoms with Crippen molar-refractivity contribution in [3.63, 3.8) is 0 Å². The van der Waals surface area contributed by atoms with E-state index in [1.54, 1.807) is 16.9 Å². The van der Waals surface area contributed by atoms with E-state index in [4.69, 9.17) is 5.26 Å². The molecule has 1 N–H and O–H groups in total. The predicted molar refractivity (Wildman–Crippen MR) is 73.1 cm³/mol. The van der Waals surface area contributed by atoms with Crippen LogP contribution >= 0.6 is 0 Å². The zero-order valence-corrected chi connectivity index (χ0v) is 11.1. The Balaban J connectivity index is 2.22. The van der Waals surface area contributed by atoms with E-state index >= 15 is 0 Å². The van der Waals surface area contributed by atoms with Crippen LogP contribution in [0.3, 0.4) is 0 Å². The number of benzene rings is 1. The van der Waals surface area contributed by atoms with Crippen molar-refractivity contribution in [1.29, 1.82) is 5.26 Å². The van der Waals surface area contributed by atoms with Crippen molar-refractivity contribution in [3.8, 4) is 6.07 Å². The van der Waals surface area contributed by atoms with Gasteiger partial charge in [0.25, 0.3) is 5.69 Å². The number of aryl methyl sites for hydroxylation is 1. The third-order valence-electron chi connectivity index (χ3n) is 2.92. The van der Waals surface area contributed by atoms with E-state index in [0.717, 1.165) is 5.56 Å². The molecule has 7 nitrogen and oxygen atoms in total. The molecule has 1 atom stereocenters. The fraction of sp³-hybridized carbons (Fsp3) is 0.231. The van der Waals surface area contributed by atoms with Gasteiger partial charge in [-0.2, -0.15) is 10.4 Å². The number of nitrogens with one attached hydrogen (secondary N) is 1. The van der Waals surface area contributed by atoms with Crippen LogP contribution in [0.25, 0.3) is 0 Å². The van der Waals surface area contributed by atoms with Crippen LogP contribution in [-0.4, -0.2) is 14.7 Å². The molecule has 0 spiro atoms. The molecule has 0 radical (unpaired) electrons. The summed E-state index contributed by atoms with van der Waals surface area (Å²) in [5.41, 5.74) is 1.50. The highest BCUT2D eigenvalue weighted by Crippen LogP contribution is 2.24. The number of aromatic nitrogens is 2. The van der Waals surface area contributed by atoms with Gasteiger partial charge in [-0.05, 0) is 19.1 Å². The van der Waals surface area contributed by atoms with Gasteiger partial charge in [-0.25, -0.2) is 0 Å². The number of nitrogens with zero attached hydrogens (tertiary/aromatic N) is 4. The second kappa shape index (κ2) is 5.40. The summed E-state index contributed by atoms with van der Waals surface area (Å²) in [6.07, 6.45) is 3.63. The second-order valence-electron chi connectivity index (χ2n) is 4.41. The van der Waals surface area contributed by atoms with E-state index in [2.05, 4.69) is 10.4 Å². The van der Waals surface area contributed by atoms with Gasteiger partial charge in [-0.1, -0.05) is 0 Å². The van der Waals surface area contributed by atoms with Crippen LogP contribution in [0.4, 0.5) is 11.4 Å². The molecule has 1 unspecified atom stereocenters. The maximum atomic E-state index is 10.8. The molecule has 1 aromatic heterocycles. The Bertz CT molecular complexity index is 686. The number of rotatable bonds is 4. The first-order chi connectivity index (χ1) is 9.51. The van der Waals surface area contributed by atoms with Crippen molar-refractivity contribution in [2.45, 2.75) is 13.0 Å². The summed E-state index contributed by atoms with van der Waals surface area (Å²) >= 11 is 0. The first-order valence-corrected chi connectivity index (χ1v) is 5.95. The minimum atomic E-state index is -0.563. The first-order valence-electron chi connectivity index (χ1n) is 5.95. The highest BCUT2D eigenvalue weighted by atomic mass is 16.6. The Kier molecular flexibility index (Phi) is 3.66. The van der Waals surface area contributed by atoms with Gasteiger partial charge in [-0.15, -0.1) is 0 Å². The summed E-state index contributed by atoms with van der Waals surface area (Å²) in [6, 6.07) is 6.22. The van der Waals surface area contributed by atoms with Crippen LogP contribution in [0.1, 0.15) is 24.1 Å². The van der Waals surface area contributed by atoms with Crippen LogP contribution in [0, 0.1) is 21.4 Å². The Morgan fingerprint density at radius 2 is 2.30 bits per heavy atom. The molecule has 1 aromatic carbocycles. The third kappa shape index (κ3) is 2.75. The van der Waals surface area contributed by atoms with Crippen LogP contribution < -0.4 is 5.32 Å². The van der Waals surface area contributed by atoms with Gasteiger partial charge >= 0.3 is 0 Å². The summed E-state index contributed by atoms with van der Waals surface area (Å²) in [5, 5.41) is 27.0. The van der Waals surface area contributed by atoms with E-state index < -0.39 is 4.92 Å². The lowest BCUT2D eigenvalue weighted by atomic mass is 10.1. The van der Waals surface area contributed by atoms with Crippen molar-refractivity contribution >= 4 is 11.4 Å². The lowest BCUT2D eigenvalue weighted by Gasteiger charge is -2.13. The fourth-order valence-electron chi connectivity index (χ4n) is 1.87. The summed E-state index contributed by atoms with van der Waals surface area (Å²) in [5.74, 6) is 0. The number of hydrogen-bond acceptors (Lipinski definition) is 5. The molecule has 20 heavy (non-hydrogen) atoms. The van der Waals surface area contributed by atoms with E-state index in [1.165, 1.54) is 12.1 Å². The number of hydrogen-bond donors (Lipinski definition) is 1. The van der Waals surface area contributed by atoms with Crippen molar-refractivity contribution in [2.24, 2.45) is 7.05 Å². The minimum absolute atomic E-state index is 0.0169. The monoisotopic (exact) mass is 271 g/mol. The quantitative estimate of drug-likeness (QED) is 0.680. The first kappa shape index (κ1) is 13.5. The predicted octanol–water partition coefficient (Wildman–Crippen LogP) is 2.37.